The SMILES string of the molecule is COc1ccc(CNCc2cccc(Cn3ccnc3C)c2)cc1O. The highest BCUT2D eigenvalue weighted by molar-refractivity contribution is 5.41. The summed E-state index contributed by atoms with van der Waals surface area (Å²) in [6, 6.07) is 14.0. The second kappa shape index (κ2) is 7.85. The lowest BCUT2D eigenvalue weighted by atomic mass is 10.1. The van der Waals surface area contributed by atoms with Crippen molar-refractivity contribution in [3.63, 3.8) is 0 Å². The van der Waals surface area contributed by atoms with Crippen LogP contribution in [0.1, 0.15) is 22.5 Å². The zero-order valence-electron chi connectivity index (χ0n) is 14.6. The Kier molecular flexibility index (Phi) is 5.36. The quantitative estimate of drug-likeness (QED) is 0.695. The molecule has 1 aromatic heterocycles. The molecule has 0 aliphatic rings. The van der Waals surface area contributed by atoms with Gasteiger partial charge < -0.3 is 19.7 Å². The number of aryl methyl sites for hydroxylation is 1. The summed E-state index contributed by atoms with van der Waals surface area (Å²) in [5.74, 6) is 1.67. The lowest BCUT2D eigenvalue weighted by molar-refractivity contribution is 0.373. The first kappa shape index (κ1) is 17.0. The molecule has 0 saturated heterocycles. The van der Waals surface area contributed by atoms with E-state index in [9.17, 15) is 5.11 Å². The molecule has 5 heteroatoms. The Balaban J connectivity index is 1.57. The molecule has 0 aliphatic heterocycles. The van der Waals surface area contributed by atoms with Crippen molar-refractivity contribution in [3.8, 4) is 11.5 Å². The Morgan fingerprint density at radius 2 is 1.84 bits per heavy atom. The van der Waals surface area contributed by atoms with Crippen molar-refractivity contribution < 1.29 is 9.84 Å². The van der Waals surface area contributed by atoms with E-state index in [0.717, 1.165) is 24.5 Å². The minimum atomic E-state index is 0.166. The van der Waals surface area contributed by atoms with Crippen molar-refractivity contribution in [2.45, 2.75) is 26.6 Å². The number of imidazole rings is 1. The highest BCUT2D eigenvalue weighted by Gasteiger charge is 2.03. The summed E-state index contributed by atoms with van der Waals surface area (Å²) in [6.45, 7) is 4.29. The predicted molar refractivity (Wildman–Crippen MR) is 97.7 cm³/mol. The molecule has 0 radical (unpaired) electrons. The van der Waals surface area contributed by atoms with Gasteiger partial charge >= 0.3 is 0 Å². The average Bonchev–Trinajstić information content (AvgIpc) is 3.00. The normalized spacial score (nSPS) is 10.8. The Bertz CT molecular complexity index is 842. The van der Waals surface area contributed by atoms with E-state index < -0.39 is 0 Å². The molecule has 3 rings (SSSR count). The van der Waals surface area contributed by atoms with Crippen molar-refractivity contribution in [2.75, 3.05) is 7.11 Å². The van der Waals surface area contributed by atoms with Crippen LogP contribution in [0.3, 0.4) is 0 Å². The summed E-state index contributed by atoms with van der Waals surface area (Å²) < 4.78 is 7.19. The van der Waals surface area contributed by atoms with Gasteiger partial charge in [0.15, 0.2) is 11.5 Å². The molecule has 0 amide bonds. The number of ether oxygens (including phenoxy) is 1. The average molecular weight is 337 g/mol. The number of aromatic nitrogens is 2. The fourth-order valence-electron chi connectivity index (χ4n) is 2.80. The van der Waals surface area contributed by atoms with Gasteiger partial charge in [-0.3, -0.25) is 0 Å². The smallest absolute Gasteiger partial charge is 0.160 e. The van der Waals surface area contributed by atoms with Gasteiger partial charge in [-0.1, -0.05) is 30.3 Å². The Morgan fingerprint density at radius 3 is 2.52 bits per heavy atom. The van der Waals surface area contributed by atoms with Gasteiger partial charge in [0, 0.05) is 32.0 Å². The summed E-state index contributed by atoms with van der Waals surface area (Å²) in [4.78, 5) is 4.26. The molecule has 0 atom stereocenters. The number of aromatic hydroxyl groups is 1. The molecule has 2 aromatic carbocycles. The van der Waals surface area contributed by atoms with Gasteiger partial charge in [0.1, 0.15) is 5.82 Å². The molecule has 5 nitrogen and oxygen atoms in total. The maximum Gasteiger partial charge on any atom is 0.160 e. The third kappa shape index (κ3) is 4.39. The van der Waals surface area contributed by atoms with Crippen LogP contribution in [0.2, 0.25) is 0 Å². The summed E-state index contributed by atoms with van der Waals surface area (Å²) in [6.07, 6.45) is 3.82. The number of nitrogens with one attached hydrogen (secondary N) is 1. The van der Waals surface area contributed by atoms with Crippen LogP contribution in [0, 0.1) is 6.92 Å². The Labute approximate surface area is 147 Å². The molecule has 0 fully saturated rings. The number of methoxy groups -OCH3 is 1. The van der Waals surface area contributed by atoms with Crippen LogP contribution in [-0.2, 0) is 19.6 Å². The summed E-state index contributed by atoms with van der Waals surface area (Å²) in [5.41, 5.74) is 3.50. The summed E-state index contributed by atoms with van der Waals surface area (Å²) in [5, 5.41) is 13.2. The first-order valence-corrected chi connectivity index (χ1v) is 8.28. The number of benzene rings is 2. The second-order valence-corrected chi connectivity index (χ2v) is 6.03. The molecule has 1 heterocycles. The van der Waals surface area contributed by atoms with Gasteiger partial charge in [-0.2, -0.15) is 0 Å². The van der Waals surface area contributed by atoms with Crippen molar-refractivity contribution >= 4 is 0 Å². The van der Waals surface area contributed by atoms with E-state index in [0.29, 0.717) is 12.3 Å². The molecule has 0 spiro atoms. The third-order valence-corrected chi connectivity index (χ3v) is 4.17. The molecule has 0 bridgehead atoms. The first-order valence-electron chi connectivity index (χ1n) is 8.28. The zero-order valence-corrected chi connectivity index (χ0v) is 14.6. The molecular formula is C20H23N3O2. The summed E-state index contributed by atoms with van der Waals surface area (Å²) >= 11 is 0. The van der Waals surface area contributed by atoms with Gasteiger partial charge in [-0.25, -0.2) is 4.98 Å². The standard InChI is InChI=1S/C20H23N3O2/c1-15-22-8-9-23(15)14-18-5-3-4-16(10-18)12-21-13-17-6-7-20(25-2)19(24)11-17/h3-11,21,24H,12-14H2,1-2H3. The van der Waals surface area contributed by atoms with E-state index in [1.807, 2.05) is 25.4 Å². The number of nitrogens with zero attached hydrogens (tertiary/aromatic N) is 2. The van der Waals surface area contributed by atoms with Gasteiger partial charge in [-0.05, 0) is 35.7 Å². The maximum atomic E-state index is 9.83. The third-order valence-electron chi connectivity index (χ3n) is 4.17. The van der Waals surface area contributed by atoms with Crippen LogP contribution in [0.25, 0.3) is 0 Å². The van der Waals surface area contributed by atoms with E-state index >= 15 is 0 Å². The fourth-order valence-corrected chi connectivity index (χ4v) is 2.80. The fraction of sp³-hybridized carbons (Fsp3) is 0.250. The minimum absolute atomic E-state index is 0.166. The van der Waals surface area contributed by atoms with E-state index in [2.05, 4.69) is 39.1 Å². The van der Waals surface area contributed by atoms with Crippen LogP contribution in [0.5, 0.6) is 11.5 Å². The first-order chi connectivity index (χ1) is 12.2. The Morgan fingerprint density at radius 1 is 1.08 bits per heavy atom. The highest BCUT2D eigenvalue weighted by Crippen LogP contribution is 2.26. The van der Waals surface area contributed by atoms with Crippen LogP contribution in [0.4, 0.5) is 0 Å². The second-order valence-electron chi connectivity index (χ2n) is 6.03. The van der Waals surface area contributed by atoms with Crippen molar-refractivity contribution in [1.29, 1.82) is 0 Å². The Hall–Kier alpha value is -2.79. The molecule has 0 aliphatic carbocycles. The number of hydrogen-bond acceptors (Lipinski definition) is 4. The van der Waals surface area contributed by atoms with Crippen LogP contribution >= 0.6 is 0 Å². The van der Waals surface area contributed by atoms with Crippen molar-refractivity contribution in [2.24, 2.45) is 0 Å². The van der Waals surface area contributed by atoms with Gasteiger partial charge in [0.25, 0.3) is 0 Å². The van der Waals surface area contributed by atoms with Gasteiger partial charge in [-0.15, -0.1) is 0 Å². The molecule has 25 heavy (non-hydrogen) atoms. The van der Waals surface area contributed by atoms with Gasteiger partial charge in [0.2, 0.25) is 0 Å². The van der Waals surface area contributed by atoms with Crippen molar-refractivity contribution in [3.05, 3.63) is 77.4 Å². The largest absolute Gasteiger partial charge is 0.504 e. The number of hydrogen-bond donors (Lipinski definition) is 2. The van der Waals surface area contributed by atoms with Gasteiger partial charge in [0.05, 0.1) is 7.11 Å². The molecule has 0 unspecified atom stereocenters. The number of rotatable bonds is 7. The van der Waals surface area contributed by atoms with E-state index in [1.54, 1.807) is 19.2 Å². The van der Waals surface area contributed by atoms with E-state index in [4.69, 9.17) is 4.74 Å². The lowest BCUT2D eigenvalue weighted by Gasteiger charge is -2.10. The zero-order chi connectivity index (χ0) is 17.6. The maximum absolute atomic E-state index is 9.83. The molecule has 3 aromatic rings. The molecule has 0 saturated carbocycles. The van der Waals surface area contributed by atoms with Crippen LogP contribution < -0.4 is 10.1 Å². The topological polar surface area (TPSA) is 59.3 Å². The lowest BCUT2D eigenvalue weighted by Crippen LogP contribution is -2.13. The van der Waals surface area contributed by atoms with E-state index in [1.165, 1.54) is 11.1 Å². The van der Waals surface area contributed by atoms with Crippen LogP contribution in [0.15, 0.2) is 54.9 Å². The number of phenolic OH excluding ortho intramolecular Hbond substituents is 1. The van der Waals surface area contributed by atoms with E-state index in [-0.39, 0.29) is 5.75 Å². The molecule has 2 N–H and O–H groups in total. The molecule has 130 valence electrons. The monoisotopic (exact) mass is 337 g/mol. The van der Waals surface area contributed by atoms with Crippen LogP contribution in [-0.4, -0.2) is 21.8 Å². The molecular weight excluding hydrogens is 314 g/mol. The predicted octanol–water partition coefficient (Wildman–Crippen LogP) is 3.24. The highest BCUT2D eigenvalue weighted by atomic mass is 16.5. The van der Waals surface area contributed by atoms with Crippen molar-refractivity contribution in [1.82, 2.24) is 14.9 Å². The summed E-state index contributed by atoms with van der Waals surface area (Å²) in [7, 11) is 1.55. The number of phenols is 1. The minimum Gasteiger partial charge on any atom is -0.504 e.